The summed E-state index contributed by atoms with van der Waals surface area (Å²) < 4.78 is 0. The second-order valence-electron chi connectivity index (χ2n) is 8.62. The molecule has 0 radical (unpaired) electrons. The van der Waals surface area contributed by atoms with E-state index in [4.69, 9.17) is 10.2 Å². The van der Waals surface area contributed by atoms with Crippen LogP contribution in [-0.2, 0) is 19.2 Å². The van der Waals surface area contributed by atoms with Gasteiger partial charge in [0, 0.05) is 25.7 Å². The van der Waals surface area contributed by atoms with Crippen molar-refractivity contribution in [2.45, 2.75) is 64.2 Å². The molecule has 0 saturated carbocycles. The van der Waals surface area contributed by atoms with Crippen molar-refractivity contribution in [1.82, 2.24) is 10.9 Å². The highest BCUT2D eigenvalue weighted by molar-refractivity contribution is 6.02. The van der Waals surface area contributed by atoms with Gasteiger partial charge in [-0.05, 0) is 24.0 Å². The van der Waals surface area contributed by atoms with Crippen LogP contribution in [0.1, 0.15) is 75.3 Å². The van der Waals surface area contributed by atoms with Gasteiger partial charge in [0.15, 0.2) is 0 Å². The minimum Gasteiger partial charge on any atom is -0.481 e. The molecule has 0 heterocycles. The number of aliphatic carboxylic acids is 2. The lowest BCUT2D eigenvalue weighted by Crippen LogP contribution is -2.20. The molecule has 0 atom stereocenters. The lowest BCUT2D eigenvalue weighted by atomic mass is 10.1. The van der Waals surface area contributed by atoms with Crippen LogP contribution in [0.4, 0.5) is 0 Å². The van der Waals surface area contributed by atoms with E-state index >= 15 is 0 Å². The van der Waals surface area contributed by atoms with Crippen molar-refractivity contribution in [3.05, 3.63) is 71.8 Å². The second-order valence-corrected chi connectivity index (χ2v) is 8.62. The van der Waals surface area contributed by atoms with Crippen LogP contribution in [0.15, 0.2) is 70.9 Å². The number of hydrogen-bond acceptors (Lipinski definition) is 6. The minimum absolute atomic E-state index is 0.0849. The number of carbonyl (C=O) groups is 4. The zero-order chi connectivity index (χ0) is 27.6. The summed E-state index contributed by atoms with van der Waals surface area (Å²) >= 11 is 0. The zero-order valence-corrected chi connectivity index (χ0v) is 21.3. The summed E-state index contributed by atoms with van der Waals surface area (Å²) in [5.41, 5.74) is 7.56. The summed E-state index contributed by atoms with van der Waals surface area (Å²) in [6.45, 7) is 0. The Morgan fingerprint density at radius 2 is 0.895 bits per heavy atom. The van der Waals surface area contributed by atoms with Crippen LogP contribution in [0.3, 0.4) is 0 Å². The van der Waals surface area contributed by atoms with Crippen molar-refractivity contribution in [2.24, 2.45) is 10.2 Å². The van der Waals surface area contributed by atoms with Gasteiger partial charge in [-0.15, -0.1) is 0 Å². The molecule has 0 fully saturated rings. The Kier molecular flexibility index (Phi) is 13.5. The molecule has 2 amide bonds. The third-order valence-corrected chi connectivity index (χ3v) is 5.55. The summed E-state index contributed by atoms with van der Waals surface area (Å²) in [5.74, 6) is -2.38. The smallest absolute Gasteiger partial charge is 0.303 e. The van der Waals surface area contributed by atoms with E-state index in [1.165, 1.54) is 0 Å². The maximum atomic E-state index is 12.2. The number of carboxylic acids is 2. The molecule has 0 bridgehead atoms. The van der Waals surface area contributed by atoms with E-state index in [1.807, 2.05) is 60.7 Å². The van der Waals surface area contributed by atoms with Gasteiger partial charge in [-0.2, -0.15) is 10.2 Å². The van der Waals surface area contributed by atoms with Crippen LogP contribution in [0.2, 0.25) is 0 Å². The molecule has 10 heteroatoms. The Morgan fingerprint density at radius 3 is 1.24 bits per heavy atom. The molecular formula is C28H34N4O6. The molecule has 0 aliphatic heterocycles. The van der Waals surface area contributed by atoms with Gasteiger partial charge < -0.3 is 10.2 Å². The quantitative estimate of drug-likeness (QED) is 0.139. The van der Waals surface area contributed by atoms with E-state index in [2.05, 4.69) is 21.1 Å². The van der Waals surface area contributed by atoms with Crippen LogP contribution in [0.25, 0.3) is 0 Å². The standard InChI is InChI=1S/C28H34N4O6/c33-25(31-29-23(17-19-27(35)36)21-11-5-3-6-12-21)15-9-1-2-10-16-26(34)32-30-24(18-20-28(37)38)22-13-7-4-8-14-22/h3-8,11-14H,1-2,9-10,15-20H2,(H,31,33)(H,32,34)(H,35,36)(H,37,38)/b29-23-,30-24+. The maximum absolute atomic E-state index is 12.2. The lowest BCUT2D eigenvalue weighted by Gasteiger charge is -2.07. The molecule has 0 unspecified atom stereocenters. The Labute approximate surface area is 221 Å². The molecule has 0 aromatic heterocycles. The third-order valence-electron chi connectivity index (χ3n) is 5.55. The molecule has 2 aromatic rings. The maximum Gasteiger partial charge on any atom is 0.303 e. The lowest BCUT2D eigenvalue weighted by molar-refractivity contribution is -0.137. The number of carbonyl (C=O) groups excluding carboxylic acids is 2. The van der Waals surface area contributed by atoms with Crippen molar-refractivity contribution in [1.29, 1.82) is 0 Å². The number of nitrogens with one attached hydrogen (secondary N) is 2. The first-order chi connectivity index (χ1) is 18.3. The number of unbranched alkanes of at least 4 members (excludes halogenated alkanes) is 3. The average molecular weight is 523 g/mol. The summed E-state index contributed by atoms with van der Waals surface area (Å²) in [6.07, 6.45) is 3.55. The van der Waals surface area contributed by atoms with Crippen LogP contribution >= 0.6 is 0 Å². The van der Waals surface area contributed by atoms with Crippen LogP contribution in [0.5, 0.6) is 0 Å². The van der Waals surface area contributed by atoms with E-state index in [0.717, 1.165) is 24.0 Å². The predicted octanol–water partition coefficient (Wildman–Crippen LogP) is 4.10. The summed E-state index contributed by atoms with van der Waals surface area (Å²) in [5, 5.41) is 26.2. The zero-order valence-electron chi connectivity index (χ0n) is 21.3. The molecule has 202 valence electrons. The van der Waals surface area contributed by atoms with E-state index in [9.17, 15) is 19.2 Å². The fraction of sp³-hybridized carbons (Fsp3) is 0.357. The highest BCUT2D eigenvalue weighted by Crippen LogP contribution is 2.09. The number of rotatable bonds is 17. The Hall–Kier alpha value is -4.34. The fourth-order valence-corrected chi connectivity index (χ4v) is 3.54. The van der Waals surface area contributed by atoms with Crippen LogP contribution < -0.4 is 10.9 Å². The highest BCUT2D eigenvalue weighted by atomic mass is 16.4. The fourth-order valence-electron chi connectivity index (χ4n) is 3.54. The third kappa shape index (κ3) is 12.6. The number of hydrazone groups is 2. The summed E-state index contributed by atoms with van der Waals surface area (Å²) in [4.78, 5) is 46.2. The van der Waals surface area contributed by atoms with E-state index in [1.54, 1.807) is 0 Å². The number of benzene rings is 2. The molecule has 38 heavy (non-hydrogen) atoms. The molecule has 0 aliphatic carbocycles. The van der Waals surface area contributed by atoms with Crippen molar-refractivity contribution in [3.63, 3.8) is 0 Å². The second kappa shape index (κ2) is 17.2. The van der Waals surface area contributed by atoms with E-state index in [0.29, 0.717) is 24.3 Å². The van der Waals surface area contributed by atoms with Gasteiger partial charge in [0.1, 0.15) is 0 Å². The monoisotopic (exact) mass is 522 g/mol. The Morgan fingerprint density at radius 1 is 0.526 bits per heavy atom. The van der Waals surface area contributed by atoms with Gasteiger partial charge >= 0.3 is 11.9 Å². The molecule has 2 aromatic carbocycles. The first kappa shape index (κ1) is 29.9. The topological polar surface area (TPSA) is 158 Å². The van der Waals surface area contributed by atoms with Gasteiger partial charge in [0.2, 0.25) is 11.8 Å². The molecule has 0 aliphatic rings. The van der Waals surface area contributed by atoms with Crippen molar-refractivity contribution < 1.29 is 29.4 Å². The SMILES string of the molecule is O=C(O)CC/C(=N/NC(=O)CCCCCCC(=O)N/N=C(\CCC(=O)O)c1ccccc1)c1ccccc1. The van der Waals surface area contributed by atoms with E-state index in [-0.39, 0.29) is 50.3 Å². The molecule has 0 spiro atoms. The van der Waals surface area contributed by atoms with Gasteiger partial charge in [-0.25, -0.2) is 10.9 Å². The average Bonchev–Trinajstić information content (AvgIpc) is 2.91. The molecule has 2 rings (SSSR count). The molecule has 0 saturated heterocycles. The number of nitrogens with zero attached hydrogens (tertiary/aromatic N) is 2. The van der Waals surface area contributed by atoms with Gasteiger partial charge in [-0.3, -0.25) is 19.2 Å². The van der Waals surface area contributed by atoms with Crippen LogP contribution in [0, 0.1) is 0 Å². The van der Waals surface area contributed by atoms with Crippen molar-refractivity contribution in [3.8, 4) is 0 Å². The normalized spacial score (nSPS) is 11.6. The minimum atomic E-state index is -0.935. The Bertz CT molecular complexity index is 1030. The predicted molar refractivity (Wildman–Crippen MR) is 144 cm³/mol. The van der Waals surface area contributed by atoms with Crippen molar-refractivity contribution >= 4 is 35.2 Å². The van der Waals surface area contributed by atoms with Gasteiger partial charge in [0.05, 0.1) is 24.3 Å². The van der Waals surface area contributed by atoms with E-state index < -0.39 is 11.9 Å². The summed E-state index contributed by atoms with van der Waals surface area (Å²) in [7, 11) is 0. The molecular weight excluding hydrogens is 488 g/mol. The first-order valence-electron chi connectivity index (χ1n) is 12.6. The number of hydrogen-bond donors (Lipinski definition) is 4. The summed E-state index contributed by atoms with van der Waals surface area (Å²) in [6, 6.07) is 18.2. The number of amides is 2. The number of carboxylic acid groups (broad SMARTS) is 2. The molecule has 4 N–H and O–H groups in total. The molecule has 10 nitrogen and oxygen atoms in total. The highest BCUT2D eigenvalue weighted by Gasteiger charge is 2.10. The van der Waals surface area contributed by atoms with Gasteiger partial charge in [0.25, 0.3) is 0 Å². The van der Waals surface area contributed by atoms with Gasteiger partial charge in [-0.1, -0.05) is 73.5 Å². The largest absolute Gasteiger partial charge is 0.481 e. The Balaban J connectivity index is 1.70. The first-order valence-corrected chi connectivity index (χ1v) is 12.6. The van der Waals surface area contributed by atoms with Crippen LogP contribution in [-0.4, -0.2) is 45.4 Å². The van der Waals surface area contributed by atoms with Crippen molar-refractivity contribution in [2.75, 3.05) is 0 Å².